The molecular formula is C10H13NO2. The van der Waals surface area contributed by atoms with Crippen LogP contribution in [0.15, 0.2) is 29.2 Å². The van der Waals surface area contributed by atoms with E-state index in [4.69, 9.17) is 0 Å². The van der Waals surface area contributed by atoms with Crippen LogP contribution in [0.5, 0.6) is 0 Å². The van der Waals surface area contributed by atoms with Crippen LogP contribution in [0.4, 0.5) is 0 Å². The smallest absolute Gasteiger partial charge is 0.250 e. The van der Waals surface area contributed by atoms with Crippen molar-refractivity contribution < 1.29 is 5.11 Å². The fourth-order valence-electron chi connectivity index (χ4n) is 1.96. The van der Waals surface area contributed by atoms with E-state index >= 15 is 0 Å². The molecule has 1 fully saturated rings. The highest BCUT2D eigenvalue weighted by atomic mass is 16.3. The average molecular weight is 179 g/mol. The number of aromatic nitrogens is 1. The number of aliphatic hydroxyl groups is 1. The normalized spacial score (nSPS) is 27.8. The molecule has 1 aliphatic rings. The predicted octanol–water partition coefficient (Wildman–Crippen LogP) is 0.934. The summed E-state index contributed by atoms with van der Waals surface area (Å²) in [4.78, 5) is 11.4. The fraction of sp³-hybridized carbons (Fsp3) is 0.500. The Morgan fingerprint density at radius 2 is 2.23 bits per heavy atom. The molecule has 3 heteroatoms. The maximum atomic E-state index is 11.4. The van der Waals surface area contributed by atoms with Crippen molar-refractivity contribution in [2.24, 2.45) is 0 Å². The first-order valence-corrected chi connectivity index (χ1v) is 4.64. The number of hydrogen-bond donors (Lipinski definition) is 1. The zero-order valence-electron chi connectivity index (χ0n) is 7.39. The van der Waals surface area contributed by atoms with Crippen molar-refractivity contribution in [1.82, 2.24) is 4.57 Å². The molecule has 1 aromatic rings. The first-order valence-electron chi connectivity index (χ1n) is 4.64. The van der Waals surface area contributed by atoms with Gasteiger partial charge in [-0.2, -0.15) is 0 Å². The topological polar surface area (TPSA) is 42.2 Å². The molecule has 0 aliphatic heterocycles. The predicted molar refractivity (Wildman–Crippen MR) is 49.6 cm³/mol. The third-order valence-corrected chi connectivity index (χ3v) is 2.65. The Balaban J connectivity index is 2.35. The van der Waals surface area contributed by atoms with E-state index in [0.29, 0.717) is 0 Å². The van der Waals surface area contributed by atoms with E-state index in [-0.39, 0.29) is 17.7 Å². The summed E-state index contributed by atoms with van der Waals surface area (Å²) in [6.07, 6.45) is 4.13. The number of pyridine rings is 1. The Kier molecular flexibility index (Phi) is 2.19. The number of hydrogen-bond acceptors (Lipinski definition) is 2. The van der Waals surface area contributed by atoms with E-state index in [1.54, 1.807) is 16.8 Å². The molecule has 0 spiro atoms. The summed E-state index contributed by atoms with van der Waals surface area (Å²) >= 11 is 0. The summed E-state index contributed by atoms with van der Waals surface area (Å²) in [7, 11) is 0. The molecular weight excluding hydrogens is 166 g/mol. The molecule has 1 saturated carbocycles. The van der Waals surface area contributed by atoms with Gasteiger partial charge in [0.15, 0.2) is 0 Å². The van der Waals surface area contributed by atoms with Crippen LogP contribution in [-0.2, 0) is 0 Å². The summed E-state index contributed by atoms with van der Waals surface area (Å²) in [6.45, 7) is 0. The first kappa shape index (κ1) is 8.51. The van der Waals surface area contributed by atoms with Crippen LogP contribution in [0.1, 0.15) is 25.3 Å². The van der Waals surface area contributed by atoms with E-state index in [1.807, 2.05) is 6.07 Å². The molecule has 0 saturated heterocycles. The van der Waals surface area contributed by atoms with Gasteiger partial charge in [-0.15, -0.1) is 0 Å². The van der Waals surface area contributed by atoms with Gasteiger partial charge in [-0.25, -0.2) is 0 Å². The Labute approximate surface area is 76.6 Å². The van der Waals surface area contributed by atoms with Crippen molar-refractivity contribution in [2.45, 2.75) is 31.4 Å². The largest absolute Gasteiger partial charge is 0.391 e. The van der Waals surface area contributed by atoms with Gasteiger partial charge in [0.2, 0.25) is 0 Å². The minimum Gasteiger partial charge on any atom is -0.391 e. The Morgan fingerprint density at radius 1 is 1.38 bits per heavy atom. The lowest BCUT2D eigenvalue weighted by Crippen LogP contribution is -2.27. The molecule has 0 amide bonds. The van der Waals surface area contributed by atoms with Crippen LogP contribution in [0.25, 0.3) is 0 Å². The van der Waals surface area contributed by atoms with Crippen molar-refractivity contribution in [2.75, 3.05) is 0 Å². The summed E-state index contributed by atoms with van der Waals surface area (Å²) < 4.78 is 1.64. The van der Waals surface area contributed by atoms with Gasteiger partial charge < -0.3 is 9.67 Å². The molecule has 0 radical (unpaired) electrons. The summed E-state index contributed by atoms with van der Waals surface area (Å²) in [5.41, 5.74) is -0.0200. The van der Waals surface area contributed by atoms with Gasteiger partial charge in [0.05, 0.1) is 12.1 Å². The fourth-order valence-corrected chi connectivity index (χ4v) is 1.96. The number of aliphatic hydroxyl groups excluding tert-OH is 1. The van der Waals surface area contributed by atoms with E-state index < -0.39 is 0 Å². The first-order chi connectivity index (χ1) is 6.29. The van der Waals surface area contributed by atoms with Gasteiger partial charge in [0, 0.05) is 12.3 Å². The monoisotopic (exact) mass is 179 g/mol. The van der Waals surface area contributed by atoms with Crippen LogP contribution in [0, 0.1) is 0 Å². The van der Waals surface area contributed by atoms with Gasteiger partial charge >= 0.3 is 0 Å². The van der Waals surface area contributed by atoms with Gasteiger partial charge in [-0.3, -0.25) is 4.79 Å². The Bertz CT molecular complexity index is 345. The molecule has 2 rings (SSSR count). The van der Waals surface area contributed by atoms with Gasteiger partial charge in [0.25, 0.3) is 5.56 Å². The molecule has 1 aliphatic carbocycles. The number of rotatable bonds is 1. The van der Waals surface area contributed by atoms with Crippen molar-refractivity contribution in [3.8, 4) is 0 Å². The van der Waals surface area contributed by atoms with Crippen LogP contribution < -0.4 is 5.56 Å². The maximum absolute atomic E-state index is 11.4. The zero-order chi connectivity index (χ0) is 9.26. The molecule has 0 bridgehead atoms. The minimum absolute atomic E-state index is 0.00583. The van der Waals surface area contributed by atoms with Crippen molar-refractivity contribution >= 4 is 0 Å². The minimum atomic E-state index is -0.347. The molecule has 1 N–H and O–H groups in total. The summed E-state index contributed by atoms with van der Waals surface area (Å²) in [5.74, 6) is 0. The number of nitrogens with zero attached hydrogens (tertiary/aromatic N) is 1. The van der Waals surface area contributed by atoms with E-state index in [2.05, 4.69) is 0 Å². The van der Waals surface area contributed by atoms with E-state index in [1.165, 1.54) is 6.07 Å². The van der Waals surface area contributed by atoms with Crippen molar-refractivity contribution in [3.63, 3.8) is 0 Å². The highest BCUT2D eigenvalue weighted by Crippen LogP contribution is 2.28. The molecule has 13 heavy (non-hydrogen) atoms. The second-order valence-electron chi connectivity index (χ2n) is 3.51. The second kappa shape index (κ2) is 3.34. The molecule has 0 aromatic carbocycles. The summed E-state index contributed by atoms with van der Waals surface area (Å²) in [5, 5.41) is 9.61. The zero-order valence-corrected chi connectivity index (χ0v) is 7.39. The second-order valence-corrected chi connectivity index (χ2v) is 3.51. The molecule has 1 heterocycles. The van der Waals surface area contributed by atoms with Crippen molar-refractivity contribution in [1.29, 1.82) is 0 Å². The maximum Gasteiger partial charge on any atom is 0.250 e. The third kappa shape index (κ3) is 1.52. The lowest BCUT2D eigenvalue weighted by atomic mass is 10.2. The highest BCUT2D eigenvalue weighted by Gasteiger charge is 2.26. The lowest BCUT2D eigenvalue weighted by molar-refractivity contribution is 0.134. The third-order valence-electron chi connectivity index (χ3n) is 2.65. The Morgan fingerprint density at radius 3 is 2.85 bits per heavy atom. The molecule has 3 nitrogen and oxygen atoms in total. The van der Waals surface area contributed by atoms with Crippen LogP contribution in [0.2, 0.25) is 0 Å². The lowest BCUT2D eigenvalue weighted by Gasteiger charge is -2.16. The highest BCUT2D eigenvalue weighted by molar-refractivity contribution is 4.97. The molecule has 70 valence electrons. The standard InChI is InChI=1S/C10H13NO2/c12-9-5-3-4-8(9)11-7-2-1-6-10(11)13/h1-2,6-9,12H,3-5H2. The molecule has 2 unspecified atom stereocenters. The SMILES string of the molecule is O=c1ccccn1C1CCCC1O. The van der Waals surface area contributed by atoms with Crippen LogP contribution >= 0.6 is 0 Å². The van der Waals surface area contributed by atoms with Gasteiger partial charge in [-0.05, 0) is 25.3 Å². The quantitative estimate of drug-likeness (QED) is 0.697. The van der Waals surface area contributed by atoms with E-state index in [0.717, 1.165) is 19.3 Å². The van der Waals surface area contributed by atoms with Crippen LogP contribution in [0.3, 0.4) is 0 Å². The van der Waals surface area contributed by atoms with Gasteiger partial charge in [0.1, 0.15) is 0 Å². The molecule has 1 aromatic heterocycles. The van der Waals surface area contributed by atoms with E-state index in [9.17, 15) is 9.90 Å². The van der Waals surface area contributed by atoms with Crippen LogP contribution in [-0.4, -0.2) is 15.8 Å². The molecule has 2 atom stereocenters. The Hall–Kier alpha value is -1.09. The average Bonchev–Trinajstić information content (AvgIpc) is 2.52. The van der Waals surface area contributed by atoms with Crippen molar-refractivity contribution in [3.05, 3.63) is 34.7 Å². The summed E-state index contributed by atoms with van der Waals surface area (Å²) in [6, 6.07) is 5.08. The van der Waals surface area contributed by atoms with Gasteiger partial charge in [-0.1, -0.05) is 6.07 Å².